The molecule has 0 saturated carbocycles. The fourth-order valence-electron chi connectivity index (χ4n) is 2.23. The molecule has 1 aromatic carbocycles. The van der Waals surface area contributed by atoms with Crippen LogP contribution in [-0.2, 0) is 26.5 Å². The summed E-state index contributed by atoms with van der Waals surface area (Å²) in [6.07, 6.45) is 1.66. The number of nitrogens with two attached hydrogens (primary N) is 1. The molecule has 21 heavy (non-hydrogen) atoms. The average Bonchev–Trinajstić information content (AvgIpc) is 2.78. The lowest BCUT2D eigenvalue weighted by molar-refractivity contribution is 0.291. The van der Waals surface area contributed by atoms with Gasteiger partial charge in [-0.05, 0) is 49.6 Å². The normalized spacial score (nSPS) is 12.4. The van der Waals surface area contributed by atoms with Gasteiger partial charge in [0, 0.05) is 18.1 Å². The van der Waals surface area contributed by atoms with Crippen molar-refractivity contribution >= 4 is 11.6 Å². The van der Waals surface area contributed by atoms with Crippen LogP contribution >= 0.6 is 11.6 Å². The topological polar surface area (TPSA) is 53.1 Å². The molecule has 1 aromatic heterocycles. The summed E-state index contributed by atoms with van der Waals surface area (Å²) in [4.78, 5) is 0. The van der Waals surface area contributed by atoms with E-state index in [4.69, 9.17) is 22.1 Å². The van der Waals surface area contributed by atoms with Crippen LogP contribution in [0.2, 0.25) is 5.02 Å². The monoisotopic (exact) mass is 307 g/mol. The second-order valence-electron chi connectivity index (χ2n) is 5.33. The average molecular weight is 308 g/mol. The molecule has 0 aliphatic heterocycles. The van der Waals surface area contributed by atoms with E-state index in [1.54, 1.807) is 0 Å². The van der Waals surface area contributed by atoms with E-state index in [-0.39, 0.29) is 6.04 Å². The number of benzene rings is 1. The number of hydrogen-bond donors (Lipinski definition) is 1. The first-order valence-corrected chi connectivity index (χ1v) is 7.56. The van der Waals surface area contributed by atoms with Gasteiger partial charge in [0.1, 0.15) is 12.4 Å². The Morgan fingerprint density at radius 2 is 2.14 bits per heavy atom. The molecule has 0 spiro atoms. The summed E-state index contributed by atoms with van der Waals surface area (Å²) in [5, 5.41) is 5.12. The number of ether oxygens (including phenoxy) is 1. The smallest absolute Gasteiger partial charge is 0.130 e. The van der Waals surface area contributed by atoms with Crippen LogP contribution in [0.1, 0.15) is 30.8 Å². The van der Waals surface area contributed by atoms with Gasteiger partial charge in [0.05, 0.1) is 11.4 Å². The zero-order chi connectivity index (χ0) is 15.4. The van der Waals surface area contributed by atoms with Gasteiger partial charge in [-0.2, -0.15) is 5.10 Å². The molecule has 2 aromatic rings. The van der Waals surface area contributed by atoms with Gasteiger partial charge in [-0.3, -0.25) is 4.68 Å². The maximum atomic E-state index is 6.05. The lowest BCUT2D eigenvalue weighted by atomic mass is 10.1. The quantitative estimate of drug-likeness (QED) is 0.892. The maximum absolute atomic E-state index is 6.05. The molecular formula is C16H22ClN3O. The summed E-state index contributed by atoms with van der Waals surface area (Å²) in [6, 6.07) is 7.79. The van der Waals surface area contributed by atoms with Gasteiger partial charge in [-0.15, -0.1) is 0 Å². The second-order valence-corrected chi connectivity index (χ2v) is 5.76. The zero-order valence-corrected chi connectivity index (χ0v) is 13.5. The van der Waals surface area contributed by atoms with E-state index >= 15 is 0 Å². The van der Waals surface area contributed by atoms with Gasteiger partial charge in [0.15, 0.2) is 0 Å². The minimum absolute atomic E-state index is 0.0641. The number of halogens is 1. The van der Waals surface area contributed by atoms with Crippen LogP contribution in [0.4, 0.5) is 0 Å². The highest BCUT2D eigenvalue weighted by atomic mass is 35.5. The highest BCUT2D eigenvalue weighted by molar-refractivity contribution is 6.30. The Hall–Kier alpha value is -1.52. The van der Waals surface area contributed by atoms with Gasteiger partial charge < -0.3 is 10.5 Å². The van der Waals surface area contributed by atoms with Crippen LogP contribution in [-0.4, -0.2) is 15.8 Å². The summed E-state index contributed by atoms with van der Waals surface area (Å²) in [7, 11) is 1.93. The Kier molecular flexibility index (Phi) is 5.26. The lowest BCUT2D eigenvalue weighted by Crippen LogP contribution is -2.18. The predicted molar refractivity (Wildman–Crippen MR) is 85.7 cm³/mol. The first-order valence-electron chi connectivity index (χ1n) is 7.18. The van der Waals surface area contributed by atoms with Crippen LogP contribution in [0, 0.1) is 0 Å². The van der Waals surface area contributed by atoms with E-state index in [0.29, 0.717) is 11.6 Å². The van der Waals surface area contributed by atoms with Crippen LogP contribution in [0.15, 0.2) is 24.3 Å². The summed E-state index contributed by atoms with van der Waals surface area (Å²) in [5.41, 5.74) is 9.04. The number of aromatic nitrogens is 2. The van der Waals surface area contributed by atoms with Crippen molar-refractivity contribution in [2.45, 2.75) is 39.3 Å². The number of hydrogen-bond acceptors (Lipinski definition) is 3. The highest BCUT2D eigenvalue weighted by Crippen LogP contribution is 2.25. The molecule has 114 valence electrons. The standard InChI is InChI=1S/C16H22ClN3O/c1-4-14-9-15(20(3)19-14)10-21-16-6-5-13(17)8-12(16)7-11(2)18/h5-6,8-9,11H,4,7,10,18H2,1-3H3. The predicted octanol–water partition coefficient (Wildman–Crippen LogP) is 3.10. The van der Waals surface area contributed by atoms with Gasteiger partial charge in [0.2, 0.25) is 0 Å². The SMILES string of the molecule is CCc1cc(COc2ccc(Cl)cc2CC(C)N)n(C)n1. The second kappa shape index (κ2) is 6.96. The lowest BCUT2D eigenvalue weighted by Gasteiger charge is -2.13. The summed E-state index contributed by atoms with van der Waals surface area (Å²) >= 11 is 6.05. The third-order valence-electron chi connectivity index (χ3n) is 3.33. The van der Waals surface area contributed by atoms with Crippen molar-refractivity contribution < 1.29 is 4.74 Å². The summed E-state index contributed by atoms with van der Waals surface area (Å²) < 4.78 is 7.80. The molecule has 5 heteroatoms. The molecule has 0 aliphatic rings. The third-order valence-corrected chi connectivity index (χ3v) is 3.56. The van der Waals surface area contributed by atoms with Crippen LogP contribution in [0.25, 0.3) is 0 Å². The van der Waals surface area contributed by atoms with Crippen LogP contribution < -0.4 is 10.5 Å². The maximum Gasteiger partial charge on any atom is 0.130 e. The number of aryl methyl sites for hydroxylation is 2. The molecule has 1 unspecified atom stereocenters. The van der Waals surface area contributed by atoms with E-state index in [1.807, 2.05) is 36.9 Å². The summed E-state index contributed by atoms with van der Waals surface area (Å²) in [6.45, 7) is 4.54. The van der Waals surface area contributed by atoms with Crippen molar-refractivity contribution in [1.82, 2.24) is 9.78 Å². The fraction of sp³-hybridized carbons (Fsp3) is 0.438. The van der Waals surface area contributed by atoms with E-state index < -0.39 is 0 Å². The van der Waals surface area contributed by atoms with E-state index in [9.17, 15) is 0 Å². The zero-order valence-electron chi connectivity index (χ0n) is 12.8. The largest absolute Gasteiger partial charge is 0.487 e. The molecule has 2 N–H and O–H groups in total. The van der Waals surface area contributed by atoms with Crippen molar-refractivity contribution in [3.05, 3.63) is 46.2 Å². The Morgan fingerprint density at radius 3 is 2.76 bits per heavy atom. The van der Waals surface area contributed by atoms with Gasteiger partial charge >= 0.3 is 0 Å². The van der Waals surface area contributed by atoms with E-state index in [0.717, 1.165) is 35.5 Å². The Balaban J connectivity index is 2.13. The minimum Gasteiger partial charge on any atom is -0.487 e. The molecule has 0 bridgehead atoms. The van der Waals surface area contributed by atoms with Gasteiger partial charge in [0.25, 0.3) is 0 Å². The Morgan fingerprint density at radius 1 is 1.38 bits per heavy atom. The van der Waals surface area contributed by atoms with E-state index in [2.05, 4.69) is 18.1 Å². The number of rotatable bonds is 6. The van der Waals surface area contributed by atoms with Crippen LogP contribution in [0.5, 0.6) is 5.75 Å². The fourth-order valence-corrected chi connectivity index (χ4v) is 2.42. The van der Waals surface area contributed by atoms with Gasteiger partial charge in [-0.25, -0.2) is 0 Å². The highest BCUT2D eigenvalue weighted by Gasteiger charge is 2.09. The Labute approximate surface area is 130 Å². The van der Waals surface area contributed by atoms with Crippen molar-refractivity contribution in [3.63, 3.8) is 0 Å². The molecule has 0 saturated heterocycles. The first kappa shape index (κ1) is 15.9. The molecule has 1 heterocycles. The van der Waals surface area contributed by atoms with Gasteiger partial charge in [-0.1, -0.05) is 18.5 Å². The van der Waals surface area contributed by atoms with Crippen molar-refractivity contribution in [2.24, 2.45) is 12.8 Å². The van der Waals surface area contributed by atoms with Crippen LogP contribution in [0.3, 0.4) is 0 Å². The summed E-state index contributed by atoms with van der Waals surface area (Å²) in [5.74, 6) is 0.830. The molecule has 4 nitrogen and oxygen atoms in total. The van der Waals surface area contributed by atoms with Crippen molar-refractivity contribution in [3.8, 4) is 5.75 Å². The third kappa shape index (κ3) is 4.22. The molecule has 2 rings (SSSR count). The van der Waals surface area contributed by atoms with E-state index in [1.165, 1.54) is 0 Å². The molecule has 1 atom stereocenters. The molecule has 0 aliphatic carbocycles. The van der Waals surface area contributed by atoms with Crippen molar-refractivity contribution in [2.75, 3.05) is 0 Å². The minimum atomic E-state index is 0.0641. The Bertz CT molecular complexity index is 608. The van der Waals surface area contributed by atoms with Crippen molar-refractivity contribution in [1.29, 1.82) is 0 Å². The number of nitrogens with zero attached hydrogens (tertiary/aromatic N) is 2. The molecule has 0 radical (unpaired) electrons. The molecule has 0 amide bonds. The molecular weight excluding hydrogens is 286 g/mol. The first-order chi connectivity index (χ1) is 9.99. The molecule has 0 fully saturated rings.